The van der Waals surface area contributed by atoms with Crippen molar-refractivity contribution in [2.45, 2.75) is 0 Å². The first-order valence-electron chi connectivity index (χ1n) is 6.88. The van der Waals surface area contributed by atoms with Crippen LogP contribution < -0.4 is 5.32 Å². The van der Waals surface area contributed by atoms with Gasteiger partial charge in [-0.1, -0.05) is 41.9 Å². The van der Waals surface area contributed by atoms with E-state index >= 15 is 0 Å². The highest BCUT2D eigenvalue weighted by atomic mass is 35.5. The molecule has 21 heavy (non-hydrogen) atoms. The summed E-state index contributed by atoms with van der Waals surface area (Å²) in [4.78, 5) is 4.47. The zero-order valence-electron chi connectivity index (χ0n) is 11.3. The minimum atomic E-state index is 0.736. The van der Waals surface area contributed by atoms with Crippen molar-refractivity contribution >= 4 is 28.2 Å². The van der Waals surface area contributed by atoms with Gasteiger partial charge >= 0.3 is 0 Å². The summed E-state index contributed by atoms with van der Waals surface area (Å²) < 4.78 is 5.77. The number of nitrogens with zero attached hydrogens (tertiary/aromatic N) is 1. The van der Waals surface area contributed by atoms with Crippen LogP contribution in [0.1, 0.15) is 5.76 Å². The molecule has 0 atom stereocenters. The Labute approximate surface area is 127 Å². The van der Waals surface area contributed by atoms with Crippen LogP contribution in [0.4, 0.5) is 0 Å². The van der Waals surface area contributed by atoms with Crippen molar-refractivity contribution in [3.05, 3.63) is 59.5 Å². The number of benzene rings is 2. The predicted molar refractivity (Wildman–Crippen MR) is 86.1 cm³/mol. The zero-order chi connectivity index (χ0) is 14.2. The number of hydrogen-bond acceptors (Lipinski definition) is 3. The summed E-state index contributed by atoms with van der Waals surface area (Å²) in [6.07, 6.45) is 1.78. The summed E-state index contributed by atoms with van der Waals surface area (Å²) in [5.41, 5.74) is 2.25. The third kappa shape index (κ3) is 2.10. The lowest BCUT2D eigenvalue weighted by Crippen LogP contribution is -2.19. The maximum atomic E-state index is 5.98. The molecule has 0 aliphatic carbocycles. The molecule has 1 N–H and O–H groups in total. The van der Waals surface area contributed by atoms with E-state index in [0.29, 0.717) is 0 Å². The average Bonchev–Trinajstić information content (AvgIpc) is 3.16. The zero-order valence-corrected chi connectivity index (χ0v) is 12.0. The van der Waals surface area contributed by atoms with Crippen molar-refractivity contribution in [2.75, 3.05) is 13.1 Å². The maximum absolute atomic E-state index is 5.98. The second-order valence-corrected chi connectivity index (χ2v) is 5.44. The molecule has 0 spiro atoms. The van der Waals surface area contributed by atoms with Gasteiger partial charge in [-0.2, -0.15) is 0 Å². The number of nitrogens with one attached hydrogen (secondary N) is 1. The van der Waals surface area contributed by atoms with Crippen molar-refractivity contribution in [1.29, 1.82) is 0 Å². The smallest absolute Gasteiger partial charge is 0.176 e. The lowest BCUT2D eigenvalue weighted by atomic mass is 9.99. The van der Waals surface area contributed by atoms with E-state index in [-0.39, 0.29) is 0 Å². The highest BCUT2D eigenvalue weighted by Crippen LogP contribution is 2.33. The number of halogens is 1. The maximum Gasteiger partial charge on any atom is 0.176 e. The fraction of sp³-hybridized carbons (Fsp3) is 0.118. The van der Waals surface area contributed by atoms with Crippen LogP contribution >= 0.6 is 11.6 Å². The van der Waals surface area contributed by atoms with E-state index in [0.717, 1.165) is 51.6 Å². The van der Waals surface area contributed by atoms with E-state index < -0.39 is 0 Å². The number of rotatable bonds is 2. The van der Waals surface area contributed by atoms with Crippen LogP contribution in [0.2, 0.25) is 5.02 Å². The molecule has 2 aromatic carbocycles. The Hall–Kier alpha value is -2.26. The topological polar surface area (TPSA) is 37.5 Å². The van der Waals surface area contributed by atoms with E-state index in [1.165, 1.54) is 0 Å². The van der Waals surface area contributed by atoms with Crippen LogP contribution in [0.25, 0.3) is 21.9 Å². The number of aliphatic imine (C=N–C) groups is 1. The van der Waals surface area contributed by atoms with E-state index in [4.69, 9.17) is 16.0 Å². The molecule has 2 heterocycles. The Morgan fingerprint density at radius 3 is 2.71 bits per heavy atom. The monoisotopic (exact) mass is 296 g/mol. The Kier molecular flexibility index (Phi) is 2.93. The second-order valence-electron chi connectivity index (χ2n) is 5.00. The molecular weight excluding hydrogens is 284 g/mol. The molecule has 3 nitrogen and oxygen atoms in total. The molecular formula is C17H13ClN2O. The molecule has 0 saturated carbocycles. The minimum Gasteiger partial charge on any atom is -0.460 e. The van der Waals surface area contributed by atoms with E-state index in [2.05, 4.69) is 22.4 Å². The minimum absolute atomic E-state index is 0.736. The fourth-order valence-corrected chi connectivity index (χ4v) is 2.82. The van der Waals surface area contributed by atoms with Gasteiger partial charge in [-0.05, 0) is 23.3 Å². The summed E-state index contributed by atoms with van der Waals surface area (Å²) in [5, 5.41) is 6.18. The Morgan fingerprint density at radius 2 is 1.95 bits per heavy atom. The van der Waals surface area contributed by atoms with E-state index in [1.807, 2.05) is 30.3 Å². The molecule has 0 saturated heterocycles. The standard InChI is InChI=1S/C17H13ClN2O/c18-13-6-4-11(5-7-13)14-3-1-2-12-10-21-16(15(12)14)17-19-8-9-20-17/h1-7,10H,8-9H2,(H,19,20). The summed E-state index contributed by atoms with van der Waals surface area (Å²) in [7, 11) is 0. The predicted octanol–water partition coefficient (Wildman–Crippen LogP) is 4.10. The van der Waals surface area contributed by atoms with Crippen molar-refractivity contribution in [1.82, 2.24) is 5.32 Å². The summed E-state index contributed by atoms with van der Waals surface area (Å²) in [6, 6.07) is 14.0. The third-order valence-corrected chi connectivity index (χ3v) is 3.92. The van der Waals surface area contributed by atoms with Crippen LogP contribution in [0.5, 0.6) is 0 Å². The molecule has 0 bridgehead atoms. The van der Waals surface area contributed by atoms with Crippen LogP contribution in [0.3, 0.4) is 0 Å². The van der Waals surface area contributed by atoms with Gasteiger partial charge in [-0.15, -0.1) is 0 Å². The molecule has 1 aromatic heterocycles. The van der Waals surface area contributed by atoms with Crippen molar-refractivity contribution < 1.29 is 4.42 Å². The summed E-state index contributed by atoms with van der Waals surface area (Å²) in [5.74, 6) is 1.65. The van der Waals surface area contributed by atoms with Gasteiger partial charge in [-0.25, -0.2) is 0 Å². The van der Waals surface area contributed by atoms with E-state index in [1.54, 1.807) is 6.26 Å². The molecule has 0 amide bonds. The van der Waals surface area contributed by atoms with Crippen LogP contribution in [-0.4, -0.2) is 18.9 Å². The van der Waals surface area contributed by atoms with Gasteiger partial charge in [0.15, 0.2) is 11.6 Å². The number of furan rings is 1. The number of amidine groups is 1. The van der Waals surface area contributed by atoms with Crippen LogP contribution in [-0.2, 0) is 0 Å². The molecule has 104 valence electrons. The highest BCUT2D eigenvalue weighted by Gasteiger charge is 2.18. The molecule has 0 radical (unpaired) electrons. The first kappa shape index (κ1) is 12.5. The molecule has 1 aliphatic heterocycles. The first-order valence-corrected chi connectivity index (χ1v) is 7.25. The summed E-state index contributed by atoms with van der Waals surface area (Å²) >= 11 is 5.98. The highest BCUT2D eigenvalue weighted by molar-refractivity contribution is 6.30. The Balaban J connectivity index is 1.96. The van der Waals surface area contributed by atoms with Gasteiger partial charge in [0.05, 0.1) is 12.8 Å². The molecule has 3 aromatic rings. The van der Waals surface area contributed by atoms with Gasteiger partial charge < -0.3 is 9.73 Å². The van der Waals surface area contributed by atoms with Gasteiger partial charge in [-0.3, -0.25) is 4.99 Å². The Morgan fingerprint density at radius 1 is 1.10 bits per heavy atom. The molecule has 4 heteroatoms. The van der Waals surface area contributed by atoms with Crippen molar-refractivity contribution in [3.8, 4) is 11.1 Å². The van der Waals surface area contributed by atoms with Gasteiger partial charge in [0, 0.05) is 22.3 Å². The third-order valence-electron chi connectivity index (χ3n) is 3.67. The normalized spacial score (nSPS) is 14.2. The first-order chi connectivity index (χ1) is 10.3. The lowest BCUT2D eigenvalue weighted by Gasteiger charge is -2.06. The second kappa shape index (κ2) is 4.93. The molecule has 0 unspecified atom stereocenters. The lowest BCUT2D eigenvalue weighted by molar-refractivity contribution is 0.560. The molecule has 1 aliphatic rings. The summed E-state index contributed by atoms with van der Waals surface area (Å²) in [6.45, 7) is 1.65. The SMILES string of the molecule is Clc1ccc(-c2cccc3coc(C4=NCCN4)c23)cc1. The molecule has 0 fully saturated rings. The number of hydrogen-bond donors (Lipinski definition) is 1. The van der Waals surface area contributed by atoms with Crippen LogP contribution in [0.15, 0.2) is 58.1 Å². The largest absolute Gasteiger partial charge is 0.460 e. The van der Waals surface area contributed by atoms with Crippen molar-refractivity contribution in [2.24, 2.45) is 4.99 Å². The fourth-order valence-electron chi connectivity index (χ4n) is 2.70. The number of fused-ring (bicyclic) bond motifs is 1. The van der Waals surface area contributed by atoms with Crippen molar-refractivity contribution in [3.63, 3.8) is 0 Å². The van der Waals surface area contributed by atoms with Gasteiger partial charge in [0.2, 0.25) is 0 Å². The van der Waals surface area contributed by atoms with Gasteiger partial charge in [0.1, 0.15) is 0 Å². The Bertz CT molecular complexity index is 834. The van der Waals surface area contributed by atoms with Gasteiger partial charge in [0.25, 0.3) is 0 Å². The average molecular weight is 297 g/mol. The van der Waals surface area contributed by atoms with E-state index in [9.17, 15) is 0 Å². The quantitative estimate of drug-likeness (QED) is 0.773. The molecule has 4 rings (SSSR count). The van der Waals surface area contributed by atoms with Crippen LogP contribution in [0, 0.1) is 0 Å².